The normalized spacial score (nSPS) is 19.7. The quantitative estimate of drug-likeness (QED) is 0.829. The molecule has 0 spiro atoms. The van der Waals surface area contributed by atoms with Gasteiger partial charge in [0.1, 0.15) is 0 Å². The number of hydrogen-bond donors (Lipinski definition) is 1. The molecule has 1 N–H and O–H groups in total. The van der Waals surface area contributed by atoms with Crippen LogP contribution in [0.15, 0.2) is 48.5 Å². The molecule has 0 saturated carbocycles. The first-order valence-corrected chi connectivity index (χ1v) is 9.59. The molecular weight excluding hydrogens is 354 g/mol. The summed E-state index contributed by atoms with van der Waals surface area (Å²) in [6, 6.07) is 15.2. The second kappa shape index (κ2) is 7.37. The number of rotatable bonds is 4. The van der Waals surface area contributed by atoms with Gasteiger partial charge in [-0.15, -0.1) is 0 Å². The fraction of sp³-hybridized carbons (Fsp3) is 0.364. The Morgan fingerprint density at radius 3 is 1.89 bits per heavy atom. The summed E-state index contributed by atoms with van der Waals surface area (Å²) < 4.78 is 5.37. The third-order valence-electron chi connectivity index (χ3n) is 5.52. The van der Waals surface area contributed by atoms with Crippen LogP contribution in [0, 0.1) is 13.8 Å². The summed E-state index contributed by atoms with van der Waals surface area (Å²) in [5.74, 6) is -0.239. The van der Waals surface area contributed by atoms with E-state index < -0.39 is 5.54 Å². The highest BCUT2D eigenvalue weighted by molar-refractivity contribution is 6.09. The van der Waals surface area contributed by atoms with Crippen LogP contribution in [0.25, 0.3) is 0 Å². The van der Waals surface area contributed by atoms with E-state index >= 15 is 0 Å². The number of nitrogens with one attached hydrogen (secondary N) is 1. The van der Waals surface area contributed by atoms with Gasteiger partial charge in [-0.1, -0.05) is 59.7 Å². The Morgan fingerprint density at radius 2 is 1.39 bits per heavy atom. The number of carbonyl (C=O) groups excluding carboxylic acids is 2. The number of carbonyl (C=O) groups is 2. The Labute approximate surface area is 165 Å². The third-order valence-corrected chi connectivity index (χ3v) is 5.52. The van der Waals surface area contributed by atoms with Gasteiger partial charge in [0.25, 0.3) is 5.91 Å². The third kappa shape index (κ3) is 3.19. The van der Waals surface area contributed by atoms with Crippen molar-refractivity contribution in [2.75, 3.05) is 33.0 Å². The molecule has 4 rings (SSSR count). The minimum absolute atomic E-state index is 0.239. The predicted octanol–water partition coefficient (Wildman–Crippen LogP) is 2.39. The van der Waals surface area contributed by atoms with E-state index in [1.807, 2.05) is 62.4 Å². The molecular formula is C22H25N3O3. The van der Waals surface area contributed by atoms with Crippen LogP contribution in [0.1, 0.15) is 22.3 Å². The number of imide groups is 1. The molecule has 0 atom stereocenters. The van der Waals surface area contributed by atoms with E-state index in [0.717, 1.165) is 22.3 Å². The van der Waals surface area contributed by atoms with Crippen molar-refractivity contribution in [3.63, 3.8) is 0 Å². The molecule has 0 unspecified atom stereocenters. The number of benzene rings is 2. The molecule has 0 aliphatic carbocycles. The molecule has 0 radical (unpaired) electrons. The number of hydrogen-bond acceptors (Lipinski definition) is 4. The number of morpholine rings is 1. The van der Waals surface area contributed by atoms with Gasteiger partial charge >= 0.3 is 6.03 Å². The summed E-state index contributed by atoms with van der Waals surface area (Å²) in [6.07, 6.45) is 0. The summed E-state index contributed by atoms with van der Waals surface area (Å²) in [7, 11) is 0. The molecule has 2 saturated heterocycles. The molecule has 2 aromatic rings. The van der Waals surface area contributed by atoms with Gasteiger partial charge in [-0.3, -0.25) is 9.69 Å². The lowest BCUT2D eigenvalue weighted by molar-refractivity contribution is -0.132. The van der Waals surface area contributed by atoms with Gasteiger partial charge in [-0.05, 0) is 25.0 Å². The van der Waals surface area contributed by atoms with Crippen LogP contribution in [0.4, 0.5) is 4.79 Å². The van der Waals surface area contributed by atoms with E-state index in [-0.39, 0.29) is 18.6 Å². The summed E-state index contributed by atoms with van der Waals surface area (Å²) in [4.78, 5) is 30.0. The van der Waals surface area contributed by atoms with Crippen molar-refractivity contribution >= 4 is 11.9 Å². The summed E-state index contributed by atoms with van der Waals surface area (Å²) in [5, 5.41) is 3.01. The van der Waals surface area contributed by atoms with Crippen molar-refractivity contribution in [3.8, 4) is 0 Å². The summed E-state index contributed by atoms with van der Waals surface area (Å²) in [6.45, 7) is 6.92. The number of ether oxygens (including phenoxy) is 1. The van der Waals surface area contributed by atoms with E-state index in [4.69, 9.17) is 4.74 Å². The van der Waals surface area contributed by atoms with Gasteiger partial charge in [0.15, 0.2) is 5.54 Å². The highest BCUT2D eigenvalue weighted by atomic mass is 16.5. The topological polar surface area (TPSA) is 61.9 Å². The van der Waals surface area contributed by atoms with Crippen LogP contribution in [-0.2, 0) is 15.1 Å². The van der Waals surface area contributed by atoms with Crippen molar-refractivity contribution in [2.45, 2.75) is 19.4 Å². The molecule has 3 amide bonds. The maximum atomic E-state index is 13.7. The smallest absolute Gasteiger partial charge is 0.326 e. The molecule has 146 valence electrons. The Morgan fingerprint density at radius 1 is 0.893 bits per heavy atom. The molecule has 2 heterocycles. The molecule has 2 aliphatic heterocycles. The van der Waals surface area contributed by atoms with Crippen molar-refractivity contribution < 1.29 is 14.3 Å². The standard InChI is InChI=1S/C22H25N3O3/c1-16-3-7-18(8-4-16)22(19-9-5-17(2)6-10-19)20(26)25(21(27)23-22)15-24-11-13-28-14-12-24/h3-10H,11-15H2,1-2H3,(H,23,27). The van der Waals surface area contributed by atoms with E-state index in [9.17, 15) is 9.59 Å². The zero-order valence-corrected chi connectivity index (χ0v) is 16.3. The summed E-state index contributed by atoms with van der Waals surface area (Å²) in [5.41, 5.74) is 2.54. The molecule has 2 aromatic carbocycles. The first-order valence-electron chi connectivity index (χ1n) is 9.59. The zero-order valence-electron chi connectivity index (χ0n) is 16.3. The molecule has 2 fully saturated rings. The lowest BCUT2D eigenvalue weighted by Gasteiger charge is -2.31. The minimum Gasteiger partial charge on any atom is -0.379 e. The lowest BCUT2D eigenvalue weighted by Crippen LogP contribution is -2.48. The molecule has 2 aliphatic rings. The average molecular weight is 379 g/mol. The van der Waals surface area contributed by atoms with Crippen LogP contribution >= 0.6 is 0 Å². The van der Waals surface area contributed by atoms with Gasteiger partial charge in [-0.25, -0.2) is 9.69 Å². The molecule has 6 nitrogen and oxygen atoms in total. The molecule has 6 heteroatoms. The van der Waals surface area contributed by atoms with Gasteiger partial charge in [0.05, 0.1) is 19.9 Å². The van der Waals surface area contributed by atoms with Crippen LogP contribution < -0.4 is 5.32 Å². The number of amides is 3. The van der Waals surface area contributed by atoms with Crippen molar-refractivity contribution in [1.82, 2.24) is 15.1 Å². The highest BCUT2D eigenvalue weighted by Crippen LogP contribution is 2.36. The first kappa shape index (κ1) is 18.7. The number of nitrogens with zero attached hydrogens (tertiary/aromatic N) is 2. The maximum absolute atomic E-state index is 13.7. The van der Waals surface area contributed by atoms with E-state index in [1.54, 1.807) is 0 Å². The van der Waals surface area contributed by atoms with Crippen molar-refractivity contribution in [1.29, 1.82) is 0 Å². The number of urea groups is 1. The van der Waals surface area contributed by atoms with Crippen LogP contribution in [0.5, 0.6) is 0 Å². The Bertz CT molecular complexity index is 825. The Hall–Kier alpha value is -2.70. The van der Waals surface area contributed by atoms with Gasteiger partial charge in [0.2, 0.25) is 0 Å². The van der Waals surface area contributed by atoms with Gasteiger partial charge < -0.3 is 10.1 Å². The largest absolute Gasteiger partial charge is 0.379 e. The molecule has 28 heavy (non-hydrogen) atoms. The van der Waals surface area contributed by atoms with Crippen molar-refractivity contribution in [3.05, 3.63) is 70.8 Å². The maximum Gasteiger partial charge on any atom is 0.326 e. The van der Waals surface area contributed by atoms with Crippen LogP contribution in [-0.4, -0.2) is 54.7 Å². The average Bonchev–Trinajstić information content (AvgIpc) is 2.95. The number of aryl methyl sites for hydroxylation is 2. The second-order valence-corrected chi connectivity index (χ2v) is 7.52. The molecule has 0 bridgehead atoms. The Kier molecular flexibility index (Phi) is 4.91. The van der Waals surface area contributed by atoms with E-state index in [1.165, 1.54) is 4.90 Å². The monoisotopic (exact) mass is 379 g/mol. The van der Waals surface area contributed by atoms with Crippen LogP contribution in [0.3, 0.4) is 0 Å². The molecule has 0 aromatic heterocycles. The fourth-order valence-electron chi connectivity index (χ4n) is 3.81. The predicted molar refractivity (Wildman–Crippen MR) is 106 cm³/mol. The fourth-order valence-corrected chi connectivity index (χ4v) is 3.81. The first-order chi connectivity index (χ1) is 13.5. The van der Waals surface area contributed by atoms with Crippen LogP contribution in [0.2, 0.25) is 0 Å². The van der Waals surface area contributed by atoms with E-state index in [2.05, 4.69) is 10.2 Å². The van der Waals surface area contributed by atoms with Gasteiger partial charge in [0, 0.05) is 13.1 Å². The van der Waals surface area contributed by atoms with Crippen molar-refractivity contribution in [2.24, 2.45) is 0 Å². The lowest BCUT2D eigenvalue weighted by atomic mass is 9.82. The zero-order chi connectivity index (χ0) is 19.7. The van der Waals surface area contributed by atoms with Gasteiger partial charge in [-0.2, -0.15) is 0 Å². The SMILES string of the molecule is Cc1ccc(C2(c3ccc(C)cc3)NC(=O)N(CN3CCOCC3)C2=O)cc1. The summed E-state index contributed by atoms with van der Waals surface area (Å²) >= 11 is 0. The highest BCUT2D eigenvalue weighted by Gasteiger charge is 2.54. The second-order valence-electron chi connectivity index (χ2n) is 7.52. The van der Waals surface area contributed by atoms with E-state index in [0.29, 0.717) is 26.3 Å². The Balaban J connectivity index is 1.75. The minimum atomic E-state index is -1.20.